The Hall–Kier alpha value is -3.05. The van der Waals surface area contributed by atoms with E-state index in [2.05, 4.69) is 88.4 Å². The minimum atomic E-state index is 0.0658. The number of hydrogen-bond donors (Lipinski definition) is 2. The van der Waals surface area contributed by atoms with Crippen LogP contribution in [0.5, 0.6) is 0 Å². The second kappa shape index (κ2) is 5.22. The van der Waals surface area contributed by atoms with Gasteiger partial charge in [-0.25, -0.2) is 10.4 Å². The van der Waals surface area contributed by atoms with E-state index in [1.54, 1.807) is 0 Å². The summed E-state index contributed by atoms with van der Waals surface area (Å²) in [6.45, 7) is 2.08. The molecule has 0 aliphatic carbocycles. The molecule has 5 heteroatoms. The predicted molar refractivity (Wildman–Crippen MR) is 99.8 cm³/mol. The fraction of sp³-hybridized carbons (Fsp3) is 0.150. The number of fused-ring (bicyclic) bond motifs is 3. The van der Waals surface area contributed by atoms with Gasteiger partial charge in [-0.05, 0) is 30.7 Å². The topological polar surface area (TPSA) is 46.3 Å². The summed E-state index contributed by atoms with van der Waals surface area (Å²) in [6.07, 6.45) is 2.23. The maximum Gasteiger partial charge on any atom is 0.215 e. The molecular weight excluding hydrogens is 310 g/mol. The number of hydrazine groups is 1. The minimum Gasteiger partial charge on any atom is -0.320 e. The first-order chi connectivity index (χ1) is 12.2. The van der Waals surface area contributed by atoms with Crippen LogP contribution < -0.4 is 10.9 Å². The number of nitrogens with one attached hydrogen (secondary N) is 2. The molecule has 4 aromatic rings. The highest BCUT2D eigenvalue weighted by atomic mass is 15.4. The summed E-state index contributed by atoms with van der Waals surface area (Å²) < 4.78 is 4.41. The summed E-state index contributed by atoms with van der Waals surface area (Å²) in [6, 6.07) is 18.9. The highest BCUT2D eigenvalue weighted by Crippen LogP contribution is 2.30. The number of aromatic nitrogens is 3. The van der Waals surface area contributed by atoms with E-state index >= 15 is 0 Å². The number of nitrogens with zero attached hydrogens (tertiary/aromatic N) is 3. The second-order valence-corrected chi connectivity index (χ2v) is 6.46. The molecule has 2 N–H and O–H groups in total. The monoisotopic (exact) mass is 329 g/mol. The highest BCUT2D eigenvalue weighted by Gasteiger charge is 2.25. The van der Waals surface area contributed by atoms with Crippen molar-refractivity contribution in [2.45, 2.75) is 13.0 Å². The van der Waals surface area contributed by atoms with Crippen LogP contribution in [0.2, 0.25) is 0 Å². The van der Waals surface area contributed by atoms with Crippen molar-refractivity contribution >= 4 is 22.5 Å². The molecule has 124 valence electrons. The largest absolute Gasteiger partial charge is 0.320 e. The van der Waals surface area contributed by atoms with Gasteiger partial charge >= 0.3 is 0 Å². The van der Waals surface area contributed by atoms with Gasteiger partial charge in [0.25, 0.3) is 0 Å². The summed E-state index contributed by atoms with van der Waals surface area (Å²) in [7, 11) is 2.07. The van der Waals surface area contributed by atoms with Gasteiger partial charge < -0.3 is 9.99 Å². The number of benzene rings is 2. The van der Waals surface area contributed by atoms with E-state index in [1.807, 2.05) is 6.07 Å². The van der Waals surface area contributed by atoms with E-state index in [4.69, 9.17) is 4.98 Å². The van der Waals surface area contributed by atoms with Crippen LogP contribution in [0.4, 0.5) is 0 Å². The van der Waals surface area contributed by atoms with E-state index in [1.165, 1.54) is 22.3 Å². The number of aryl methyl sites for hydroxylation is 2. The minimum absolute atomic E-state index is 0.0658. The van der Waals surface area contributed by atoms with E-state index < -0.39 is 0 Å². The third kappa shape index (κ3) is 2.03. The Kier molecular flexibility index (Phi) is 2.99. The third-order valence-electron chi connectivity index (χ3n) is 4.94. The molecule has 0 amide bonds. The smallest absolute Gasteiger partial charge is 0.215 e. The third-order valence-corrected chi connectivity index (χ3v) is 4.94. The zero-order valence-corrected chi connectivity index (χ0v) is 14.2. The van der Waals surface area contributed by atoms with Gasteiger partial charge in [-0.3, -0.25) is 4.40 Å². The lowest BCUT2D eigenvalue weighted by molar-refractivity contribution is 0.599. The van der Waals surface area contributed by atoms with Crippen LogP contribution in [-0.4, -0.2) is 14.0 Å². The van der Waals surface area contributed by atoms with Gasteiger partial charge in [0, 0.05) is 7.05 Å². The summed E-state index contributed by atoms with van der Waals surface area (Å²) in [5, 5.41) is 0. The molecule has 1 atom stereocenters. The molecular formula is C20H19N5. The van der Waals surface area contributed by atoms with Gasteiger partial charge in [-0.1, -0.05) is 42.5 Å². The Morgan fingerprint density at radius 1 is 0.960 bits per heavy atom. The average molecular weight is 329 g/mol. The average Bonchev–Trinajstić information content (AvgIpc) is 3.32. The van der Waals surface area contributed by atoms with Gasteiger partial charge in [0.1, 0.15) is 0 Å². The summed E-state index contributed by atoms with van der Waals surface area (Å²) in [4.78, 5) is 4.82. The standard InChI is InChI=1S/C20H19N5/c1-13-19(16-12-15(22-23-16)14-8-4-3-5-9-14)25-18-11-7-6-10-17(18)24(2)20(25)21-13/h3-12,16,22-23H,1-2H3. The van der Waals surface area contributed by atoms with Crippen molar-refractivity contribution in [3.8, 4) is 0 Å². The van der Waals surface area contributed by atoms with Crippen LogP contribution in [0, 0.1) is 6.92 Å². The molecule has 2 aromatic heterocycles. The molecule has 1 aliphatic rings. The van der Waals surface area contributed by atoms with Gasteiger partial charge in [0.15, 0.2) is 0 Å². The van der Waals surface area contributed by atoms with Crippen molar-refractivity contribution in [1.29, 1.82) is 0 Å². The molecule has 2 aromatic carbocycles. The summed E-state index contributed by atoms with van der Waals surface area (Å²) in [5.74, 6) is 0.970. The van der Waals surface area contributed by atoms with Crippen molar-refractivity contribution in [2.75, 3.05) is 0 Å². The zero-order chi connectivity index (χ0) is 17.0. The van der Waals surface area contributed by atoms with Crippen molar-refractivity contribution < 1.29 is 0 Å². The molecule has 0 saturated carbocycles. The molecule has 5 rings (SSSR count). The fourth-order valence-electron chi connectivity index (χ4n) is 3.74. The molecule has 0 saturated heterocycles. The molecule has 1 unspecified atom stereocenters. The molecule has 0 radical (unpaired) electrons. The van der Waals surface area contributed by atoms with Gasteiger partial charge in [0.05, 0.1) is 34.2 Å². The van der Waals surface area contributed by atoms with Crippen LogP contribution in [0.15, 0.2) is 60.7 Å². The van der Waals surface area contributed by atoms with Crippen molar-refractivity contribution in [3.63, 3.8) is 0 Å². The van der Waals surface area contributed by atoms with Crippen LogP contribution in [0.1, 0.15) is 23.0 Å². The van der Waals surface area contributed by atoms with Crippen molar-refractivity contribution in [3.05, 3.63) is 77.6 Å². The SMILES string of the molecule is Cc1nc2n(C)c3ccccc3n2c1C1C=C(c2ccccc2)NN1. The maximum absolute atomic E-state index is 4.82. The zero-order valence-electron chi connectivity index (χ0n) is 14.2. The van der Waals surface area contributed by atoms with Crippen LogP contribution in [0.3, 0.4) is 0 Å². The van der Waals surface area contributed by atoms with E-state index in [0.29, 0.717) is 0 Å². The van der Waals surface area contributed by atoms with E-state index in [9.17, 15) is 0 Å². The Labute approximate surface area is 145 Å². The number of rotatable bonds is 2. The summed E-state index contributed by atoms with van der Waals surface area (Å²) in [5.41, 5.74) is 13.6. The Bertz CT molecular complexity index is 1120. The normalized spacial score (nSPS) is 17.2. The second-order valence-electron chi connectivity index (χ2n) is 6.46. The van der Waals surface area contributed by atoms with Crippen molar-refractivity contribution in [1.82, 2.24) is 24.8 Å². The molecule has 0 bridgehead atoms. The molecule has 5 nitrogen and oxygen atoms in total. The molecule has 0 spiro atoms. The fourth-order valence-corrected chi connectivity index (χ4v) is 3.74. The lowest BCUT2D eigenvalue weighted by Crippen LogP contribution is -2.27. The van der Waals surface area contributed by atoms with E-state index in [-0.39, 0.29) is 6.04 Å². The van der Waals surface area contributed by atoms with Crippen LogP contribution in [0.25, 0.3) is 22.5 Å². The maximum atomic E-state index is 4.82. The van der Waals surface area contributed by atoms with E-state index in [0.717, 1.165) is 17.2 Å². The Morgan fingerprint density at radius 3 is 2.48 bits per heavy atom. The Morgan fingerprint density at radius 2 is 1.68 bits per heavy atom. The van der Waals surface area contributed by atoms with Crippen LogP contribution in [-0.2, 0) is 7.05 Å². The molecule has 3 heterocycles. The predicted octanol–water partition coefficient (Wildman–Crippen LogP) is 3.32. The first-order valence-electron chi connectivity index (χ1n) is 8.45. The lowest BCUT2D eigenvalue weighted by Gasteiger charge is -2.09. The first-order valence-corrected chi connectivity index (χ1v) is 8.45. The first kappa shape index (κ1) is 14.3. The van der Waals surface area contributed by atoms with Gasteiger partial charge in [0.2, 0.25) is 5.78 Å². The Balaban J connectivity index is 1.70. The summed E-state index contributed by atoms with van der Waals surface area (Å²) >= 11 is 0. The number of para-hydroxylation sites is 2. The highest BCUT2D eigenvalue weighted by molar-refractivity contribution is 5.81. The number of imidazole rings is 2. The number of hydrogen-bond acceptors (Lipinski definition) is 3. The van der Waals surface area contributed by atoms with Gasteiger partial charge in [-0.2, -0.15) is 0 Å². The van der Waals surface area contributed by atoms with Crippen molar-refractivity contribution in [2.24, 2.45) is 7.05 Å². The lowest BCUT2D eigenvalue weighted by atomic mass is 10.1. The molecule has 1 aliphatic heterocycles. The molecule has 0 fully saturated rings. The quantitative estimate of drug-likeness (QED) is 0.593. The van der Waals surface area contributed by atoms with Crippen LogP contribution >= 0.6 is 0 Å². The van der Waals surface area contributed by atoms with Gasteiger partial charge in [-0.15, -0.1) is 0 Å². The molecule has 25 heavy (non-hydrogen) atoms.